The molecule has 0 saturated carbocycles. The lowest BCUT2D eigenvalue weighted by Crippen LogP contribution is -2.18. The van der Waals surface area contributed by atoms with Gasteiger partial charge in [0.15, 0.2) is 0 Å². The van der Waals surface area contributed by atoms with Crippen molar-refractivity contribution < 1.29 is 9.53 Å². The van der Waals surface area contributed by atoms with Crippen LogP contribution >= 0.6 is 0 Å². The molecule has 1 atom stereocenters. The Balaban J connectivity index is 3.02. The number of rotatable bonds is 5. The fraction of sp³-hybridized carbons (Fsp3) is 0.500. The summed E-state index contributed by atoms with van der Waals surface area (Å²) in [6, 6.07) is 6.03. The van der Waals surface area contributed by atoms with Crippen molar-refractivity contribution in [3.63, 3.8) is 0 Å². The van der Waals surface area contributed by atoms with E-state index in [0.717, 1.165) is 16.9 Å². The maximum atomic E-state index is 11.1. The van der Waals surface area contributed by atoms with Crippen LogP contribution in [0.25, 0.3) is 0 Å². The molecule has 17 heavy (non-hydrogen) atoms. The first-order valence-corrected chi connectivity index (χ1v) is 5.88. The Morgan fingerprint density at radius 3 is 2.47 bits per heavy atom. The molecule has 1 unspecified atom stereocenters. The normalized spacial score (nSPS) is 12.5. The van der Waals surface area contributed by atoms with Crippen LogP contribution in [0.5, 0.6) is 5.75 Å². The first-order valence-electron chi connectivity index (χ1n) is 5.88. The van der Waals surface area contributed by atoms with E-state index in [0.29, 0.717) is 12.3 Å². The van der Waals surface area contributed by atoms with Gasteiger partial charge in [0.25, 0.3) is 0 Å². The molecule has 0 aromatic heterocycles. The number of carbonyl (C=O) groups is 1. The van der Waals surface area contributed by atoms with Gasteiger partial charge in [-0.1, -0.05) is 26.0 Å². The second-order valence-corrected chi connectivity index (χ2v) is 4.75. The predicted octanol–water partition coefficient (Wildman–Crippen LogP) is 2.62. The molecule has 0 aliphatic carbocycles. The highest BCUT2D eigenvalue weighted by Crippen LogP contribution is 2.30. The zero-order chi connectivity index (χ0) is 13.0. The zero-order valence-electron chi connectivity index (χ0n) is 11.0. The zero-order valence-corrected chi connectivity index (χ0v) is 11.0. The molecule has 0 saturated heterocycles. The Kier molecular flexibility index (Phi) is 4.55. The molecule has 0 radical (unpaired) electrons. The minimum atomic E-state index is -0.253. The summed E-state index contributed by atoms with van der Waals surface area (Å²) in [5.74, 6) is 1.18. The Hall–Kier alpha value is -1.51. The van der Waals surface area contributed by atoms with E-state index in [1.807, 2.05) is 19.1 Å². The first kappa shape index (κ1) is 13.6. The van der Waals surface area contributed by atoms with Gasteiger partial charge in [-0.05, 0) is 36.0 Å². The van der Waals surface area contributed by atoms with Crippen LogP contribution in [0.4, 0.5) is 0 Å². The van der Waals surface area contributed by atoms with Crippen LogP contribution in [-0.4, -0.2) is 13.0 Å². The molecule has 3 nitrogen and oxygen atoms in total. The number of methoxy groups -OCH3 is 1. The molecule has 0 bridgehead atoms. The number of ether oxygens (including phenoxy) is 1. The van der Waals surface area contributed by atoms with Gasteiger partial charge in [0.05, 0.1) is 7.11 Å². The molecule has 1 rings (SSSR count). The average Bonchev–Trinajstić information content (AvgIpc) is 2.25. The van der Waals surface area contributed by atoms with Gasteiger partial charge >= 0.3 is 0 Å². The molecule has 1 aromatic carbocycles. The van der Waals surface area contributed by atoms with E-state index in [1.54, 1.807) is 7.11 Å². The van der Waals surface area contributed by atoms with Crippen molar-refractivity contribution in [2.75, 3.05) is 7.11 Å². The van der Waals surface area contributed by atoms with Crippen LogP contribution in [0.3, 0.4) is 0 Å². The Morgan fingerprint density at radius 1 is 1.41 bits per heavy atom. The van der Waals surface area contributed by atoms with Crippen molar-refractivity contribution in [2.24, 2.45) is 11.7 Å². The lowest BCUT2D eigenvalue weighted by atomic mass is 9.85. The molecular weight excluding hydrogens is 214 g/mol. The molecule has 0 fully saturated rings. The molecule has 3 heteroatoms. The van der Waals surface area contributed by atoms with E-state index < -0.39 is 0 Å². The molecular formula is C14H21NO2. The highest BCUT2D eigenvalue weighted by molar-refractivity contribution is 5.74. The number of primary amides is 1. The smallest absolute Gasteiger partial charge is 0.218 e. The van der Waals surface area contributed by atoms with E-state index in [4.69, 9.17) is 10.5 Å². The molecule has 94 valence electrons. The van der Waals surface area contributed by atoms with Gasteiger partial charge in [-0.15, -0.1) is 0 Å². The van der Waals surface area contributed by atoms with Crippen LogP contribution in [0.1, 0.15) is 37.3 Å². The molecule has 1 amide bonds. The third kappa shape index (κ3) is 3.48. The number of hydrogen-bond donors (Lipinski definition) is 1. The summed E-state index contributed by atoms with van der Waals surface area (Å²) in [5, 5.41) is 0. The Bertz CT molecular complexity index is 399. The second-order valence-electron chi connectivity index (χ2n) is 4.75. The van der Waals surface area contributed by atoms with Crippen molar-refractivity contribution >= 4 is 5.91 Å². The highest BCUT2D eigenvalue weighted by atomic mass is 16.5. The monoisotopic (exact) mass is 235 g/mol. The molecule has 0 heterocycles. The number of aryl methyl sites for hydroxylation is 1. The number of benzene rings is 1. The quantitative estimate of drug-likeness (QED) is 0.853. The van der Waals surface area contributed by atoms with Gasteiger partial charge in [0.2, 0.25) is 5.91 Å². The summed E-state index contributed by atoms with van der Waals surface area (Å²) >= 11 is 0. The van der Waals surface area contributed by atoms with E-state index >= 15 is 0 Å². The van der Waals surface area contributed by atoms with E-state index in [-0.39, 0.29) is 11.8 Å². The largest absolute Gasteiger partial charge is 0.496 e. The topological polar surface area (TPSA) is 52.3 Å². The van der Waals surface area contributed by atoms with Gasteiger partial charge in [-0.3, -0.25) is 4.79 Å². The second kappa shape index (κ2) is 5.71. The maximum Gasteiger partial charge on any atom is 0.218 e. The summed E-state index contributed by atoms with van der Waals surface area (Å²) in [4.78, 5) is 11.1. The van der Waals surface area contributed by atoms with Crippen molar-refractivity contribution in [1.29, 1.82) is 0 Å². The number of carbonyl (C=O) groups excluding carboxylic acids is 1. The van der Waals surface area contributed by atoms with Crippen LogP contribution in [0.2, 0.25) is 0 Å². The number of nitrogens with two attached hydrogens (primary N) is 1. The van der Waals surface area contributed by atoms with Crippen LogP contribution < -0.4 is 10.5 Å². The molecule has 0 aliphatic heterocycles. The molecule has 2 N–H and O–H groups in total. The van der Waals surface area contributed by atoms with Crippen molar-refractivity contribution in [3.05, 3.63) is 29.3 Å². The fourth-order valence-corrected chi connectivity index (χ4v) is 2.09. The summed E-state index contributed by atoms with van der Waals surface area (Å²) < 4.78 is 5.23. The third-order valence-corrected chi connectivity index (χ3v) is 3.07. The lowest BCUT2D eigenvalue weighted by molar-refractivity contribution is -0.118. The SMILES string of the molecule is COc1ccc(C(CC(N)=O)C(C)C)cc1C. The molecule has 0 spiro atoms. The highest BCUT2D eigenvalue weighted by Gasteiger charge is 2.18. The van der Waals surface area contributed by atoms with Gasteiger partial charge < -0.3 is 10.5 Å². The summed E-state index contributed by atoms with van der Waals surface area (Å²) in [7, 11) is 1.66. The molecule has 1 aromatic rings. The van der Waals surface area contributed by atoms with E-state index in [2.05, 4.69) is 19.9 Å². The van der Waals surface area contributed by atoms with Crippen LogP contribution in [0, 0.1) is 12.8 Å². The van der Waals surface area contributed by atoms with Gasteiger partial charge in [0.1, 0.15) is 5.75 Å². The minimum absolute atomic E-state index is 0.178. The summed E-state index contributed by atoms with van der Waals surface area (Å²) in [5.41, 5.74) is 7.53. The summed E-state index contributed by atoms with van der Waals surface area (Å²) in [6.07, 6.45) is 0.392. The Labute approximate surface area is 103 Å². The van der Waals surface area contributed by atoms with Crippen LogP contribution in [0.15, 0.2) is 18.2 Å². The van der Waals surface area contributed by atoms with Gasteiger partial charge in [-0.25, -0.2) is 0 Å². The van der Waals surface area contributed by atoms with Gasteiger partial charge in [0, 0.05) is 6.42 Å². The van der Waals surface area contributed by atoms with Crippen molar-refractivity contribution in [1.82, 2.24) is 0 Å². The minimum Gasteiger partial charge on any atom is -0.496 e. The average molecular weight is 235 g/mol. The van der Waals surface area contributed by atoms with Gasteiger partial charge in [-0.2, -0.15) is 0 Å². The third-order valence-electron chi connectivity index (χ3n) is 3.07. The number of amides is 1. The summed E-state index contributed by atoms with van der Waals surface area (Å²) in [6.45, 7) is 6.21. The van der Waals surface area contributed by atoms with E-state index in [9.17, 15) is 4.79 Å². The predicted molar refractivity (Wildman–Crippen MR) is 69.1 cm³/mol. The Morgan fingerprint density at radius 2 is 2.06 bits per heavy atom. The maximum absolute atomic E-state index is 11.1. The first-order chi connectivity index (χ1) is 7.95. The molecule has 0 aliphatic rings. The lowest BCUT2D eigenvalue weighted by Gasteiger charge is -2.21. The number of hydrogen-bond acceptors (Lipinski definition) is 2. The fourth-order valence-electron chi connectivity index (χ4n) is 2.09. The van der Waals surface area contributed by atoms with Crippen molar-refractivity contribution in [2.45, 2.75) is 33.1 Å². The van der Waals surface area contributed by atoms with E-state index in [1.165, 1.54) is 0 Å². The van der Waals surface area contributed by atoms with Crippen molar-refractivity contribution in [3.8, 4) is 5.75 Å². The standard InChI is InChI=1S/C14H21NO2/c1-9(2)12(8-14(15)16)11-5-6-13(17-4)10(3)7-11/h5-7,9,12H,8H2,1-4H3,(H2,15,16). The van der Waals surface area contributed by atoms with Crippen LogP contribution in [-0.2, 0) is 4.79 Å².